The molecule has 57 heavy (non-hydrogen) atoms. The molecular formula is C41H57ClN8O7. The maximum Gasteiger partial charge on any atom is 0.410 e. The van der Waals surface area contributed by atoms with Gasteiger partial charge in [0.25, 0.3) is 0 Å². The van der Waals surface area contributed by atoms with Crippen LogP contribution in [0.3, 0.4) is 0 Å². The molecule has 15 nitrogen and oxygen atoms in total. The van der Waals surface area contributed by atoms with E-state index in [2.05, 4.69) is 25.2 Å². The number of benzene rings is 2. The monoisotopic (exact) mass is 808 g/mol. The van der Waals surface area contributed by atoms with Crippen molar-refractivity contribution in [3.8, 4) is 0 Å². The highest BCUT2D eigenvalue weighted by Gasteiger charge is 2.28. The molecule has 0 radical (unpaired) electrons. The van der Waals surface area contributed by atoms with E-state index < -0.39 is 35.4 Å². The van der Waals surface area contributed by atoms with Crippen LogP contribution in [0.1, 0.15) is 65.5 Å². The van der Waals surface area contributed by atoms with Gasteiger partial charge in [-0.15, -0.1) is 0 Å². The van der Waals surface area contributed by atoms with Gasteiger partial charge in [-0.25, -0.2) is 29.3 Å². The van der Waals surface area contributed by atoms with Crippen LogP contribution in [-0.4, -0.2) is 111 Å². The first-order valence-electron chi connectivity index (χ1n) is 19.1. The summed E-state index contributed by atoms with van der Waals surface area (Å²) in [5, 5.41) is 3.36. The van der Waals surface area contributed by atoms with Gasteiger partial charge in [0.15, 0.2) is 11.5 Å². The molecule has 0 fully saturated rings. The zero-order chi connectivity index (χ0) is 41.6. The third-order valence-electron chi connectivity index (χ3n) is 8.77. The van der Waals surface area contributed by atoms with E-state index in [4.69, 9.17) is 36.3 Å². The van der Waals surface area contributed by atoms with Gasteiger partial charge in [-0.3, -0.25) is 4.90 Å². The summed E-state index contributed by atoms with van der Waals surface area (Å²) in [6.45, 7) is 13.2. The fourth-order valence-electron chi connectivity index (χ4n) is 5.85. The van der Waals surface area contributed by atoms with Gasteiger partial charge in [0, 0.05) is 51.4 Å². The number of alkyl carbamates (subject to hydrolysis) is 1. The van der Waals surface area contributed by atoms with Gasteiger partial charge in [-0.1, -0.05) is 54.1 Å². The number of nitrogen functional groups attached to an aromatic ring is 1. The molecule has 0 saturated carbocycles. The summed E-state index contributed by atoms with van der Waals surface area (Å²) >= 11 is 6.12. The van der Waals surface area contributed by atoms with Gasteiger partial charge in [0.1, 0.15) is 35.7 Å². The minimum Gasteiger partial charge on any atom is -0.459 e. The van der Waals surface area contributed by atoms with E-state index in [1.54, 1.807) is 39.1 Å². The van der Waals surface area contributed by atoms with Crippen LogP contribution in [0.25, 0.3) is 11.2 Å². The number of aryl methyl sites for hydroxylation is 1. The Kier molecular flexibility index (Phi) is 16.4. The van der Waals surface area contributed by atoms with Crippen LogP contribution in [0.4, 0.5) is 15.4 Å². The first kappa shape index (κ1) is 44.7. The van der Waals surface area contributed by atoms with E-state index in [9.17, 15) is 14.4 Å². The number of carbonyl (C=O) groups is 3. The van der Waals surface area contributed by atoms with Gasteiger partial charge in [-0.05, 0) is 84.1 Å². The van der Waals surface area contributed by atoms with Gasteiger partial charge in [0.05, 0.1) is 12.4 Å². The van der Waals surface area contributed by atoms with Crippen LogP contribution in [-0.2, 0) is 43.3 Å². The van der Waals surface area contributed by atoms with Crippen LogP contribution < -0.4 is 11.1 Å². The third kappa shape index (κ3) is 15.5. The minimum absolute atomic E-state index is 0.0413. The highest BCUT2D eigenvalue weighted by atomic mass is 35.5. The average Bonchev–Trinajstić information content (AvgIpc) is 3.57. The lowest BCUT2D eigenvalue weighted by Gasteiger charge is -2.32. The van der Waals surface area contributed by atoms with Crippen molar-refractivity contribution in [2.45, 2.75) is 97.3 Å². The molecule has 0 saturated heterocycles. The SMILES string of the molecule is COC(CCn1cnc2c(N)ncnc21)CN(CCC(NC(=O)OC(C)(C)C)C(=O)OCc1ccccc1)CCN(CCc1ccc(Cl)cc1)C(=O)OC(C)(C)C. The lowest BCUT2D eigenvalue weighted by atomic mass is 10.1. The molecule has 4 rings (SSSR count). The molecule has 0 aliphatic carbocycles. The largest absolute Gasteiger partial charge is 0.459 e. The number of imidazole rings is 1. The Morgan fingerprint density at radius 1 is 0.860 bits per heavy atom. The number of amides is 2. The van der Waals surface area contributed by atoms with Crippen molar-refractivity contribution in [1.29, 1.82) is 0 Å². The number of nitrogens with two attached hydrogens (primary N) is 1. The second-order valence-corrected chi connectivity index (χ2v) is 16.2. The fourth-order valence-corrected chi connectivity index (χ4v) is 5.98. The molecule has 310 valence electrons. The van der Waals surface area contributed by atoms with E-state index in [1.165, 1.54) is 6.33 Å². The van der Waals surface area contributed by atoms with E-state index in [0.29, 0.717) is 74.1 Å². The van der Waals surface area contributed by atoms with E-state index in [-0.39, 0.29) is 19.1 Å². The molecule has 2 amide bonds. The van der Waals surface area contributed by atoms with Crippen molar-refractivity contribution in [3.05, 3.63) is 83.4 Å². The molecule has 2 heterocycles. The first-order chi connectivity index (χ1) is 27.0. The van der Waals surface area contributed by atoms with E-state index in [0.717, 1.165) is 11.1 Å². The highest BCUT2D eigenvalue weighted by molar-refractivity contribution is 6.30. The number of hydrogen-bond acceptors (Lipinski definition) is 12. The maximum absolute atomic E-state index is 13.6. The summed E-state index contributed by atoms with van der Waals surface area (Å²) in [5.41, 5.74) is 7.50. The molecule has 2 aromatic carbocycles. The number of anilines is 1. The van der Waals surface area contributed by atoms with Crippen LogP contribution in [0, 0.1) is 0 Å². The second kappa shape index (κ2) is 21.0. The van der Waals surface area contributed by atoms with Gasteiger partial charge in [0.2, 0.25) is 0 Å². The molecule has 0 bridgehead atoms. The molecular weight excluding hydrogens is 752 g/mol. The molecule has 2 unspecified atom stereocenters. The van der Waals surface area contributed by atoms with Crippen LogP contribution in [0.5, 0.6) is 0 Å². The first-order valence-corrected chi connectivity index (χ1v) is 19.5. The van der Waals surface area contributed by atoms with Crippen molar-refractivity contribution >= 4 is 46.7 Å². The Hall–Kier alpha value is -4.99. The zero-order valence-corrected chi connectivity index (χ0v) is 34.8. The third-order valence-corrected chi connectivity index (χ3v) is 9.02. The normalized spacial score (nSPS) is 12.9. The summed E-state index contributed by atoms with van der Waals surface area (Å²) in [7, 11) is 1.64. The summed E-state index contributed by atoms with van der Waals surface area (Å²) in [5.74, 6) is -0.296. The summed E-state index contributed by atoms with van der Waals surface area (Å²) in [6.07, 6.45) is 2.96. The lowest BCUT2D eigenvalue weighted by molar-refractivity contribution is -0.147. The molecule has 3 N–H and O–H groups in total. The van der Waals surface area contributed by atoms with Crippen LogP contribution in [0.15, 0.2) is 67.3 Å². The predicted molar refractivity (Wildman–Crippen MR) is 219 cm³/mol. The standard InChI is InChI=1S/C41H57ClN8O7/c1-40(2,3)56-38(52)47-33(37(51)55-26-30-11-9-8-10-12-30)19-20-48(25-32(54-7)18-22-50-28-46-34-35(43)44-27-45-36(34)50)23-24-49(39(53)57-41(4,5)6)21-17-29-13-15-31(42)16-14-29/h8-16,27-28,32-33H,17-26H2,1-7H3,(H,47,52)(H2,43,44,45). The van der Waals surface area contributed by atoms with E-state index >= 15 is 0 Å². The number of carbonyl (C=O) groups excluding carboxylic acids is 3. The van der Waals surface area contributed by atoms with Crippen molar-refractivity contribution in [2.24, 2.45) is 0 Å². The summed E-state index contributed by atoms with van der Waals surface area (Å²) in [6, 6.07) is 15.8. The van der Waals surface area contributed by atoms with Gasteiger partial charge >= 0.3 is 18.2 Å². The maximum atomic E-state index is 13.6. The number of esters is 1. The number of hydrogen-bond donors (Lipinski definition) is 2. The van der Waals surface area contributed by atoms with Gasteiger partial charge in [-0.2, -0.15) is 0 Å². The van der Waals surface area contributed by atoms with Gasteiger partial charge < -0.3 is 39.5 Å². The Balaban J connectivity index is 1.54. The number of aromatic nitrogens is 4. The summed E-state index contributed by atoms with van der Waals surface area (Å²) < 4.78 is 24.9. The molecule has 16 heteroatoms. The molecule has 2 aromatic heterocycles. The number of methoxy groups -OCH3 is 1. The van der Waals surface area contributed by atoms with Crippen LogP contribution in [0.2, 0.25) is 5.02 Å². The lowest BCUT2D eigenvalue weighted by Crippen LogP contribution is -2.48. The number of halogens is 1. The Morgan fingerprint density at radius 2 is 1.56 bits per heavy atom. The van der Waals surface area contributed by atoms with Crippen molar-refractivity contribution in [2.75, 3.05) is 45.6 Å². The number of ether oxygens (including phenoxy) is 4. The van der Waals surface area contributed by atoms with E-state index in [1.807, 2.05) is 79.9 Å². The summed E-state index contributed by atoms with van der Waals surface area (Å²) in [4.78, 5) is 56.7. The fraction of sp³-hybridized carbons (Fsp3) is 0.512. The number of nitrogens with zero attached hydrogens (tertiary/aromatic N) is 6. The Morgan fingerprint density at radius 3 is 2.23 bits per heavy atom. The molecule has 4 aromatic rings. The Bertz CT molecular complexity index is 1880. The quantitative estimate of drug-likeness (QED) is 0.0803. The number of nitrogens with one attached hydrogen (secondary N) is 1. The highest BCUT2D eigenvalue weighted by Crippen LogP contribution is 2.18. The number of rotatable bonds is 19. The smallest absolute Gasteiger partial charge is 0.410 e. The molecule has 0 aliphatic heterocycles. The minimum atomic E-state index is -1.03. The molecule has 0 aliphatic rings. The average molecular weight is 809 g/mol. The topological polar surface area (TPSA) is 176 Å². The van der Waals surface area contributed by atoms with Crippen LogP contribution >= 0.6 is 11.6 Å². The van der Waals surface area contributed by atoms with Crippen molar-refractivity contribution in [1.82, 2.24) is 34.6 Å². The molecule has 0 spiro atoms. The second-order valence-electron chi connectivity index (χ2n) is 15.7. The Labute approximate surface area is 340 Å². The van der Waals surface area contributed by atoms with Crippen molar-refractivity contribution in [3.63, 3.8) is 0 Å². The van der Waals surface area contributed by atoms with Crippen molar-refractivity contribution < 1.29 is 33.3 Å². The predicted octanol–water partition coefficient (Wildman–Crippen LogP) is 6.28. The number of fused-ring (bicyclic) bond motifs is 1. The molecule has 2 atom stereocenters. The zero-order valence-electron chi connectivity index (χ0n) is 34.1.